The number of alkyl halides is 3. The Morgan fingerprint density at radius 2 is 2.00 bits per heavy atom. The molecule has 1 heterocycles. The van der Waals surface area contributed by atoms with Gasteiger partial charge in [-0.2, -0.15) is 0 Å². The van der Waals surface area contributed by atoms with Gasteiger partial charge in [0.1, 0.15) is 0 Å². The Morgan fingerprint density at radius 1 is 1.42 bits per heavy atom. The van der Waals surface area contributed by atoms with Gasteiger partial charge in [0.15, 0.2) is 0 Å². The summed E-state index contributed by atoms with van der Waals surface area (Å²) in [4.78, 5) is 0. The summed E-state index contributed by atoms with van der Waals surface area (Å²) in [5.74, 6) is 1.59. The summed E-state index contributed by atoms with van der Waals surface area (Å²) >= 11 is 2.99. The van der Waals surface area contributed by atoms with Crippen LogP contribution < -0.4 is 0 Å². The standard InChI is InChI=1S/C7H5BBrF3/c1-4-6(7(10,11)12)2-5(9)3-8-4/h2-3H,1H3. The van der Waals surface area contributed by atoms with Crippen LogP contribution in [0.25, 0.3) is 0 Å². The Bertz CT molecular complexity index is 295. The maximum absolute atomic E-state index is 12.2. The summed E-state index contributed by atoms with van der Waals surface area (Å²) in [5, 5.41) is 0. The van der Waals surface area contributed by atoms with Crippen molar-refractivity contribution in [1.29, 1.82) is 0 Å². The van der Waals surface area contributed by atoms with E-state index in [0.29, 0.717) is 4.47 Å². The van der Waals surface area contributed by atoms with E-state index in [2.05, 4.69) is 15.9 Å². The Kier molecular flexibility index (Phi) is 2.61. The molecule has 0 saturated heterocycles. The molecule has 0 atom stereocenters. The van der Waals surface area contributed by atoms with Crippen molar-refractivity contribution in [1.82, 2.24) is 0 Å². The predicted molar refractivity (Wildman–Crippen MR) is 45.2 cm³/mol. The second kappa shape index (κ2) is 3.20. The van der Waals surface area contributed by atoms with Crippen molar-refractivity contribution in [2.24, 2.45) is 0 Å². The van der Waals surface area contributed by atoms with E-state index in [4.69, 9.17) is 0 Å². The van der Waals surface area contributed by atoms with Gasteiger partial charge in [-0.15, -0.1) is 0 Å². The summed E-state index contributed by atoms with van der Waals surface area (Å²) < 4.78 is 37.1. The monoisotopic (exact) mass is 236 g/mol. The van der Waals surface area contributed by atoms with Crippen LogP contribution in [0.4, 0.5) is 13.2 Å². The first-order valence-electron chi connectivity index (χ1n) is 3.24. The topological polar surface area (TPSA) is 0 Å². The van der Waals surface area contributed by atoms with Crippen LogP contribution in [-0.2, 0) is 6.18 Å². The second-order valence-corrected chi connectivity index (χ2v) is 3.37. The van der Waals surface area contributed by atoms with Gasteiger partial charge in [-0.1, -0.05) is 0 Å². The van der Waals surface area contributed by atoms with E-state index in [9.17, 15) is 13.2 Å². The van der Waals surface area contributed by atoms with Crippen molar-refractivity contribution in [3.8, 4) is 0 Å². The van der Waals surface area contributed by atoms with Crippen molar-refractivity contribution in [3.63, 3.8) is 0 Å². The van der Waals surface area contributed by atoms with E-state index in [0.717, 1.165) is 6.07 Å². The fourth-order valence-electron chi connectivity index (χ4n) is 0.900. The molecule has 0 aliphatic rings. The maximum atomic E-state index is 12.2. The first kappa shape index (κ1) is 9.77. The summed E-state index contributed by atoms with van der Waals surface area (Å²) in [6.07, 6.45) is -4.26. The molecule has 0 spiro atoms. The van der Waals surface area contributed by atoms with E-state index in [1.807, 2.05) is 0 Å². The molecule has 1 aromatic heterocycles. The molecule has 0 saturated carbocycles. The normalized spacial score (nSPS) is 11.4. The number of halogens is 4. The first-order chi connectivity index (χ1) is 5.41. The van der Waals surface area contributed by atoms with Crippen LogP contribution in [0.15, 0.2) is 16.5 Å². The van der Waals surface area contributed by atoms with Crippen molar-refractivity contribution < 1.29 is 13.2 Å². The Labute approximate surface area is 77.1 Å². The Hall–Kier alpha value is -0.315. The molecule has 0 amide bonds. The van der Waals surface area contributed by atoms with Gasteiger partial charge in [0, 0.05) is 0 Å². The van der Waals surface area contributed by atoms with Crippen LogP contribution in [-0.4, -0.2) is 6.91 Å². The molecule has 5 heteroatoms. The molecule has 0 fully saturated rings. The van der Waals surface area contributed by atoms with E-state index in [-0.39, 0.29) is 5.46 Å². The molecule has 0 unspecified atom stereocenters. The molecule has 0 N–H and O–H groups in total. The SMILES string of the molecule is Cc1bcc(Br)cc1C(F)(F)F. The molecule has 1 rings (SSSR count). The van der Waals surface area contributed by atoms with E-state index < -0.39 is 11.7 Å². The van der Waals surface area contributed by atoms with Crippen LogP contribution in [0, 0.1) is 6.92 Å². The molecule has 0 bridgehead atoms. The minimum absolute atomic E-state index is 0.241. The number of hydrogen-bond acceptors (Lipinski definition) is 0. The average molecular weight is 237 g/mol. The molecule has 0 radical (unpaired) electrons. The summed E-state index contributed by atoms with van der Waals surface area (Å²) in [6.45, 7) is 2.88. The van der Waals surface area contributed by atoms with E-state index in [1.165, 1.54) is 13.8 Å². The molecule has 0 aliphatic carbocycles. The predicted octanol–water partition coefficient (Wildman–Crippen LogP) is 3.11. The Morgan fingerprint density at radius 3 is 2.42 bits per heavy atom. The summed E-state index contributed by atoms with van der Waals surface area (Å²) in [5.41, 5.74) is -0.345. The van der Waals surface area contributed by atoms with E-state index in [1.54, 1.807) is 5.96 Å². The molecular formula is C7H5BBrF3. The molecule has 0 aliphatic heterocycles. The van der Waals surface area contributed by atoms with Gasteiger partial charge in [0.05, 0.1) is 0 Å². The van der Waals surface area contributed by atoms with Gasteiger partial charge in [0.2, 0.25) is 0 Å². The number of aryl methyl sites for hydroxylation is 1. The van der Waals surface area contributed by atoms with Gasteiger partial charge in [-0.25, -0.2) is 0 Å². The first-order valence-corrected chi connectivity index (χ1v) is 4.04. The zero-order valence-corrected chi connectivity index (χ0v) is 7.83. The second-order valence-electron chi connectivity index (χ2n) is 2.46. The van der Waals surface area contributed by atoms with E-state index >= 15 is 0 Å². The van der Waals surface area contributed by atoms with Crippen molar-refractivity contribution in [2.75, 3.05) is 0 Å². The molecule has 12 heavy (non-hydrogen) atoms. The zero-order chi connectivity index (χ0) is 9.35. The molecular weight excluding hydrogens is 232 g/mol. The van der Waals surface area contributed by atoms with Crippen molar-refractivity contribution >= 4 is 22.8 Å². The summed E-state index contributed by atoms with van der Waals surface area (Å²) in [7, 11) is 0. The van der Waals surface area contributed by atoms with Gasteiger partial charge in [0.25, 0.3) is 0 Å². The molecule has 64 valence electrons. The molecule has 1 aromatic rings. The quantitative estimate of drug-likeness (QED) is 0.650. The van der Waals surface area contributed by atoms with Crippen LogP contribution in [0.1, 0.15) is 11.0 Å². The van der Waals surface area contributed by atoms with Crippen LogP contribution in [0.3, 0.4) is 0 Å². The van der Waals surface area contributed by atoms with Crippen LogP contribution >= 0.6 is 15.9 Å². The third kappa shape index (κ3) is 2.09. The van der Waals surface area contributed by atoms with Crippen molar-refractivity contribution in [2.45, 2.75) is 13.1 Å². The van der Waals surface area contributed by atoms with Crippen LogP contribution in [0.5, 0.6) is 0 Å². The molecule has 0 nitrogen and oxygen atoms in total. The minimum atomic E-state index is -4.26. The third-order valence-electron chi connectivity index (χ3n) is 1.51. The van der Waals surface area contributed by atoms with Crippen molar-refractivity contribution in [3.05, 3.63) is 27.5 Å². The van der Waals surface area contributed by atoms with Gasteiger partial charge >= 0.3 is 76.6 Å². The van der Waals surface area contributed by atoms with Crippen LogP contribution in [0.2, 0.25) is 0 Å². The number of hydrogen-bond donors (Lipinski definition) is 0. The van der Waals surface area contributed by atoms with Gasteiger partial charge < -0.3 is 0 Å². The summed E-state index contributed by atoms with van der Waals surface area (Å²) in [6, 6.07) is 1.08. The fourth-order valence-corrected chi connectivity index (χ4v) is 1.26. The molecule has 0 aromatic carbocycles. The fraction of sp³-hybridized carbons (Fsp3) is 0.286. The third-order valence-corrected chi connectivity index (χ3v) is 2.00. The van der Waals surface area contributed by atoms with Gasteiger partial charge in [-0.3, -0.25) is 0 Å². The average Bonchev–Trinajstić information content (AvgIpc) is 1.92. The Balaban J connectivity index is 3.23. The zero-order valence-electron chi connectivity index (χ0n) is 6.24. The van der Waals surface area contributed by atoms with Gasteiger partial charge in [-0.05, 0) is 0 Å². The number of rotatable bonds is 0.